The van der Waals surface area contributed by atoms with Crippen LogP contribution < -0.4 is 4.52 Å². The van der Waals surface area contributed by atoms with Gasteiger partial charge in [0, 0.05) is 17.6 Å². The first-order valence-corrected chi connectivity index (χ1v) is 7.31. The molecule has 1 aromatic rings. The average Bonchev–Trinajstić information content (AvgIpc) is 2.30. The third-order valence-corrected chi connectivity index (χ3v) is 5.13. The highest BCUT2D eigenvalue weighted by atomic mass is 32.4. The van der Waals surface area contributed by atoms with Crippen LogP contribution >= 0.6 is 6.92 Å². The number of fused-ring (bicyclic) bond motifs is 3. The van der Waals surface area contributed by atoms with Gasteiger partial charge in [-0.25, -0.2) is 0 Å². The van der Waals surface area contributed by atoms with Crippen LogP contribution in [0.1, 0.15) is 12.0 Å². The minimum Gasteiger partial charge on any atom is -0.276 e. The van der Waals surface area contributed by atoms with Gasteiger partial charge in [-0.15, -0.1) is 0 Å². The molecule has 2 unspecified atom stereocenters. The largest absolute Gasteiger partial charge is 0.395 e. The number of hydrogen-bond acceptors (Lipinski definition) is 2. The van der Waals surface area contributed by atoms with Gasteiger partial charge < -0.3 is 0 Å². The average molecular weight is 233 g/mol. The Hall–Kier alpha value is -0.980. The second-order valence-electron chi connectivity index (χ2n) is 3.67. The van der Waals surface area contributed by atoms with E-state index in [9.17, 15) is 0 Å². The monoisotopic (exact) mass is 233 g/mol. The zero-order valence-corrected chi connectivity index (χ0v) is 9.80. The van der Waals surface area contributed by atoms with E-state index < -0.39 is 6.92 Å². The SMILES string of the molecule is S=[P+]1Oc2ccccc2C2=CC=CCC21. The predicted octanol–water partition coefficient (Wildman–Crippen LogP) is 3.65. The van der Waals surface area contributed by atoms with Crippen molar-refractivity contribution in [2.45, 2.75) is 12.1 Å². The fourth-order valence-electron chi connectivity index (χ4n) is 2.03. The number of para-hydroxylation sites is 1. The summed E-state index contributed by atoms with van der Waals surface area (Å²) in [4.78, 5) is 0. The standard InChI is InChI=1S/C12H10OPS/c15-14-12-8-4-2-6-10(12)9-5-1-3-7-11(9)13-14/h1-7,12H,8H2/q+1. The van der Waals surface area contributed by atoms with Crippen LogP contribution in [0.25, 0.3) is 5.57 Å². The molecule has 0 aromatic heterocycles. The van der Waals surface area contributed by atoms with E-state index in [-0.39, 0.29) is 0 Å². The summed E-state index contributed by atoms with van der Waals surface area (Å²) in [5.41, 5.74) is 2.99. The van der Waals surface area contributed by atoms with Gasteiger partial charge in [0.2, 0.25) is 11.8 Å². The molecule has 0 saturated carbocycles. The summed E-state index contributed by atoms with van der Waals surface area (Å²) in [5.74, 6) is 0.955. The molecule has 3 rings (SSSR count). The minimum atomic E-state index is -0.772. The quantitative estimate of drug-likeness (QED) is 0.632. The third kappa shape index (κ3) is 1.45. The Morgan fingerprint density at radius 2 is 2.20 bits per heavy atom. The lowest BCUT2D eigenvalue weighted by Gasteiger charge is -2.20. The van der Waals surface area contributed by atoms with Gasteiger partial charge in [0.05, 0.1) is 0 Å². The van der Waals surface area contributed by atoms with Crippen molar-refractivity contribution in [3.05, 3.63) is 48.1 Å². The van der Waals surface area contributed by atoms with Crippen LogP contribution in [0.4, 0.5) is 0 Å². The highest BCUT2D eigenvalue weighted by molar-refractivity contribution is 8.03. The van der Waals surface area contributed by atoms with Crippen LogP contribution in [0.3, 0.4) is 0 Å². The van der Waals surface area contributed by atoms with Gasteiger partial charge in [0.15, 0.2) is 11.4 Å². The van der Waals surface area contributed by atoms with Crippen molar-refractivity contribution in [2.24, 2.45) is 0 Å². The Kier molecular flexibility index (Phi) is 2.19. The van der Waals surface area contributed by atoms with E-state index in [1.807, 2.05) is 12.1 Å². The molecule has 74 valence electrons. The molecule has 0 bridgehead atoms. The van der Waals surface area contributed by atoms with E-state index in [4.69, 9.17) is 16.3 Å². The first-order valence-electron chi connectivity index (χ1n) is 4.97. The van der Waals surface area contributed by atoms with Gasteiger partial charge in [-0.1, -0.05) is 36.4 Å². The molecular weight excluding hydrogens is 223 g/mol. The van der Waals surface area contributed by atoms with Crippen molar-refractivity contribution >= 4 is 24.3 Å². The van der Waals surface area contributed by atoms with Gasteiger partial charge in [0.25, 0.3) is 0 Å². The molecule has 2 atom stereocenters. The van der Waals surface area contributed by atoms with E-state index in [0.717, 1.165) is 12.2 Å². The lowest BCUT2D eigenvalue weighted by Crippen LogP contribution is -2.14. The Morgan fingerprint density at radius 3 is 3.13 bits per heavy atom. The molecule has 15 heavy (non-hydrogen) atoms. The van der Waals surface area contributed by atoms with Crippen LogP contribution in [-0.4, -0.2) is 5.66 Å². The van der Waals surface area contributed by atoms with Crippen molar-refractivity contribution in [3.8, 4) is 5.75 Å². The topological polar surface area (TPSA) is 9.23 Å². The summed E-state index contributed by atoms with van der Waals surface area (Å²) in [6.45, 7) is -0.772. The van der Waals surface area contributed by atoms with Crippen LogP contribution in [0.15, 0.2) is 42.5 Å². The van der Waals surface area contributed by atoms with Crippen molar-refractivity contribution in [3.63, 3.8) is 0 Å². The summed E-state index contributed by atoms with van der Waals surface area (Å²) >= 11 is 5.43. The van der Waals surface area contributed by atoms with E-state index in [0.29, 0.717) is 5.66 Å². The van der Waals surface area contributed by atoms with Crippen LogP contribution in [0, 0.1) is 0 Å². The lowest BCUT2D eigenvalue weighted by molar-refractivity contribution is 0.609. The van der Waals surface area contributed by atoms with E-state index in [1.165, 1.54) is 11.1 Å². The number of allylic oxidation sites excluding steroid dienone is 4. The Balaban J connectivity index is 2.21. The predicted molar refractivity (Wildman–Crippen MR) is 66.9 cm³/mol. The van der Waals surface area contributed by atoms with Crippen molar-refractivity contribution in [2.75, 3.05) is 0 Å². The molecule has 0 amide bonds. The fraction of sp³-hybridized carbons (Fsp3) is 0.167. The van der Waals surface area contributed by atoms with Crippen LogP contribution in [-0.2, 0) is 11.8 Å². The van der Waals surface area contributed by atoms with Crippen molar-refractivity contribution < 1.29 is 4.52 Å². The normalized spacial score (nSPS) is 24.9. The maximum absolute atomic E-state index is 5.81. The number of hydrogen-bond donors (Lipinski definition) is 0. The molecule has 0 radical (unpaired) electrons. The first-order chi connectivity index (χ1) is 7.36. The molecule has 0 spiro atoms. The van der Waals surface area contributed by atoms with Gasteiger partial charge >= 0.3 is 6.92 Å². The first kappa shape index (κ1) is 9.26. The summed E-state index contributed by atoms with van der Waals surface area (Å²) in [6, 6.07) is 8.17. The zero-order chi connectivity index (χ0) is 10.3. The third-order valence-electron chi connectivity index (χ3n) is 2.77. The van der Waals surface area contributed by atoms with E-state index in [1.54, 1.807) is 0 Å². The van der Waals surface area contributed by atoms with Crippen molar-refractivity contribution in [1.29, 1.82) is 0 Å². The Morgan fingerprint density at radius 1 is 1.33 bits per heavy atom. The number of benzene rings is 1. The molecule has 0 saturated heterocycles. The summed E-state index contributed by atoms with van der Waals surface area (Å²) in [5, 5.41) is 0. The summed E-state index contributed by atoms with van der Waals surface area (Å²) in [6.07, 6.45) is 7.49. The van der Waals surface area contributed by atoms with Gasteiger partial charge in [-0.3, -0.25) is 4.52 Å². The molecule has 1 nitrogen and oxygen atoms in total. The lowest BCUT2D eigenvalue weighted by atomic mass is 9.96. The molecule has 0 N–H and O–H groups in total. The smallest absolute Gasteiger partial charge is 0.276 e. The zero-order valence-electron chi connectivity index (χ0n) is 8.09. The number of rotatable bonds is 0. The second kappa shape index (κ2) is 3.55. The highest BCUT2D eigenvalue weighted by Crippen LogP contribution is 2.50. The molecular formula is C12H10OPS+. The van der Waals surface area contributed by atoms with Gasteiger partial charge in [0.1, 0.15) is 0 Å². The van der Waals surface area contributed by atoms with Gasteiger partial charge in [-0.2, -0.15) is 0 Å². The molecule has 1 aromatic carbocycles. The molecule has 1 heterocycles. The molecule has 3 heteroatoms. The molecule has 1 aliphatic heterocycles. The highest BCUT2D eigenvalue weighted by Gasteiger charge is 2.39. The van der Waals surface area contributed by atoms with Gasteiger partial charge in [-0.05, 0) is 6.07 Å². The second-order valence-corrected chi connectivity index (χ2v) is 6.13. The Bertz CT molecular complexity index is 490. The van der Waals surface area contributed by atoms with Crippen LogP contribution in [0.5, 0.6) is 5.75 Å². The summed E-state index contributed by atoms with van der Waals surface area (Å²) < 4.78 is 5.81. The minimum absolute atomic E-state index is 0.412. The maximum atomic E-state index is 5.81. The maximum Gasteiger partial charge on any atom is 0.395 e. The molecule has 0 fully saturated rings. The van der Waals surface area contributed by atoms with E-state index in [2.05, 4.69) is 30.4 Å². The Labute approximate surface area is 95.0 Å². The van der Waals surface area contributed by atoms with Crippen molar-refractivity contribution in [1.82, 2.24) is 0 Å². The fourth-order valence-corrected chi connectivity index (χ4v) is 4.10. The van der Waals surface area contributed by atoms with Crippen LogP contribution in [0.2, 0.25) is 0 Å². The van der Waals surface area contributed by atoms with E-state index >= 15 is 0 Å². The summed E-state index contributed by atoms with van der Waals surface area (Å²) in [7, 11) is 0. The molecule has 1 aliphatic carbocycles. The molecule has 2 aliphatic rings.